The van der Waals surface area contributed by atoms with Gasteiger partial charge in [-0.3, -0.25) is 4.79 Å². The minimum absolute atomic E-state index is 0.142. The Kier molecular flexibility index (Phi) is 5.90. The summed E-state index contributed by atoms with van der Waals surface area (Å²) in [5, 5.41) is 3.00. The number of methoxy groups -OCH3 is 2. The highest BCUT2D eigenvalue weighted by Crippen LogP contribution is 2.26. The minimum atomic E-state index is 0.142. The Bertz CT molecular complexity index is 445. The number of hydrogen-bond donors (Lipinski definition) is 1. The van der Waals surface area contributed by atoms with Crippen molar-refractivity contribution in [2.75, 3.05) is 14.2 Å². The molecule has 0 heterocycles. The summed E-state index contributed by atoms with van der Waals surface area (Å²) >= 11 is 0. The van der Waals surface area contributed by atoms with Crippen LogP contribution in [-0.2, 0) is 11.3 Å². The van der Waals surface area contributed by atoms with Gasteiger partial charge in [0, 0.05) is 19.0 Å². The highest BCUT2D eigenvalue weighted by molar-refractivity contribution is 5.76. The number of benzene rings is 1. The lowest BCUT2D eigenvalue weighted by molar-refractivity contribution is -0.122. The zero-order valence-electron chi connectivity index (χ0n) is 13.0. The molecule has 0 bridgehead atoms. The van der Waals surface area contributed by atoms with Crippen molar-refractivity contribution in [2.45, 2.75) is 45.1 Å². The van der Waals surface area contributed by atoms with Gasteiger partial charge in [0.05, 0.1) is 14.2 Å². The largest absolute Gasteiger partial charge is 0.497 e. The average Bonchev–Trinajstić information content (AvgIpc) is 2.53. The van der Waals surface area contributed by atoms with E-state index in [-0.39, 0.29) is 5.91 Å². The molecule has 0 radical (unpaired) electrons. The third-order valence-electron chi connectivity index (χ3n) is 4.10. The molecule has 1 aromatic carbocycles. The highest BCUT2D eigenvalue weighted by Gasteiger charge is 2.16. The van der Waals surface area contributed by atoms with Crippen LogP contribution >= 0.6 is 0 Å². The second-order valence-corrected chi connectivity index (χ2v) is 5.71. The van der Waals surface area contributed by atoms with Crippen LogP contribution in [0, 0.1) is 5.92 Å². The summed E-state index contributed by atoms with van der Waals surface area (Å²) in [6.07, 6.45) is 6.90. The fourth-order valence-corrected chi connectivity index (χ4v) is 2.89. The Morgan fingerprint density at radius 3 is 2.29 bits per heavy atom. The molecule has 1 N–H and O–H groups in total. The molecule has 0 spiro atoms. The maximum Gasteiger partial charge on any atom is 0.220 e. The van der Waals surface area contributed by atoms with Crippen molar-refractivity contribution in [2.24, 2.45) is 5.92 Å². The van der Waals surface area contributed by atoms with E-state index < -0.39 is 0 Å². The van der Waals surface area contributed by atoms with Crippen LogP contribution in [0.1, 0.15) is 44.1 Å². The van der Waals surface area contributed by atoms with Gasteiger partial charge in [-0.1, -0.05) is 19.3 Å². The molecule has 21 heavy (non-hydrogen) atoms. The van der Waals surface area contributed by atoms with E-state index in [1.54, 1.807) is 14.2 Å². The molecule has 1 aliphatic carbocycles. The summed E-state index contributed by atoms with van der Waals surface area (Å²) in [6, 6.07) is 5.67. The normalized spacial score (nSPS) is 15.5. The molecule has 0 aliphatic heterocycles. The number of nitrogens with one attached hydrogen (secondary N) is 1. The van der Waals surface area contributed by atoms with Crippen LogP contribution < -0.4 is 14.8 Å². The molecule has 0 saturated heterocycles. The molecule has 0 unspecified atom stereocenters. The van der Waals surface area contributed by atoms with Crippen molar-refractivity contribution >= 4 is 5.91 Å². The quantitative estimate of drug-likeness (QED) is 0.875. The van der Waals surface area contributed by atoms with Crippen molar-refractivity contribution in [1.82, 2.24) is 5.32 Å². The zero-order chi connectivity index (χ0) is 15.1. The fourth-order valence-electron chi connectivity index (χ4n) is 2.89. The molecule has 1 aliphatic rings. The molecule has 1 amide bonds. The molecule has 1 saturated carbocycles. The summed E-state index contributed by atoms with van der Waals surface area (Å²) in [5.41, 5.74) is 0.989. The van der Waals surface area contributed by atoms with Gasteiger partial charge in [-0.05, 0) is 36.5 Å². The van der Waals surface area contributed by atoms with Crippen LogP contribution in [0.25, 0.3) is 0 Å². The lowest BCUT2D eigenvalue weighted by atomic mass is 9.87. The van der Waals surface area contributed by atoms with Crippen LogP contribution in [0.4, 0.5) is 0 Å². The van der Waals surface area contributed by atoms with Crippen molar-refractivity contribution in [3.05, 3.63) is 23.8 Å². The zero-order valence-corrected chi connectivity index (χ0v) is 13.0. The third-order valence-corrected chi connectivity index (χ3v) is 4.10. The topological polar surface area (TPSA) is 47.6 Å². The van der Waals surface area contributed by atoms with Crippen LogP contribution in [0.5, 0.6) is 11.5 Å². The summed E-state index contributed by atoms with van der Waals surface area (Å²) in [4.78, 5) is 12.0. The number of carbonyl (C=O) groups is 1. The molecular weight excluding hydrogens is 266 g/mol. The predicted molar refractivity (Wildman–Crippen MR) is 82.6 cm³/mol. The van der Waals surface area contributed by atoms with Gasteiger partial charge < -0.3 is 14.8 Å². The summed E-state index contributed by atoms with van der Waals surface area (Å²) < 4.78 is 10.5. The van der Waals surface area contributed by atoms with Gasteiger partial charge in [-0.25, -0.2) is 0 Å². The van der Waals surface area contributed by atoms with Crippen LogP contribution in [-0.4, -0.2) is 20.1 Å². The fraction of sp³-hybridized carbons (Fsp3) is 0.588. The van der Waals surface area contributed by atoms with Gasteiger partial charge in [0.15, 0.2) is 0 Å². The van der Waals surface area contributed by atoms with Gasteiger partial charge in [-0.15, -0.1) is 0 Å². The lowest BCUT2D eigenvalue weighted by Gasteiger charge is -2.20. The lowest BCUT2D eigenvalue weighted by Crippen LogP contribution is -2.25. The van der Waals surface area contributed by atoms with E-state index in [0.717, 1.165) is 17.1 Å². The molecular formula is C17H25NO3. The number of carbonyl (C=O) groups excluding carboxylic acids is 1. The molecule has 1 aromatic rings. The van der Waals surface area contributed by atoms with Crippen molar-refractivity contribution in [1.29, 1.82) is 0 Å². The second kappa shape index (κ2) is 7.91. The Labute approximate surface area is 126 Å². The first-order valence-corrected chi connectivity index (χ1v) is 7.70. The predicted octanol–water partition coefficient (Wildman–Crippen LogP) is 3.29. The molecule has 1 fully saturated rings. The maximum atomic E-state index is 12.0. The van der Waals surface area contributed by atoms with E-state index in [2.05, 4.69) is 5.32 Å². The number of rotatable bonds is 6. The van der Waals surface area contributed by atoms with Crippen molar-refractivity contribution < 1.29 is 14.3 Å². The number of ether oxygens (including phenoxy) is 2. The average molecular weight is 291 g/mol. The van der Waals surface area contributed by atoms with Crippen LogP contribution in [0.15, 0.2) is 18.2 Å². The van der Waals surface area contributed by atoms with E-state index in [0.29, 0.717) is 18.9 Å². The van der Waals surface area contributed by atoms with E-state index >= 15 is 0 Å². The minimum Gasteiger partial charge on any atom is -0.497 e. The molecule has 4 nitrogen and oxygen atoms in total. The molecule has 0 atom stereocenters. The summed E-state index contributed by atoms with van der Waals surface area (Å²) in [5.74, 6) is 2.19. The van der Waals surface area contributed by atoms with E-state index in [9.17, 15) is 4.79 Å². The van der Waals surface area contributed by atoms with Crippen molar-refractivity contribution in [3.8, 4) is 11.5 Å². The maximum absolute atomic E-state index is 12.0. The van der Waals surface area contributed by atoms with Gasteiger partial charge >= 0.3 is 0 Å². The van der Waals surface area contributed by atoms with E-state index in [1.165, 1.54) is 32.1 Å². The SMILES string of the molecule is COc1cc(CNC(=O)CC2CCCCC2)cc(OC)c1. The van der Waals surface area contributed by atoms with Gasteiger partial charge in [-0.2, -0.15) is 0 Å². The summed E-state index contributed by atoms with van der Waals surface area (Å²) in [6.45, 7) is 0.513. The first kappa shape index (κ1) is 15.7. The first-order chi connectivity index (χ1) is 10.2. The molecule has 2 rings (SSSR count). The van der Waals surface area contributed by atoms with Gasteiger partial charge in [0.2, 0.25) is 5.91 Å². The van der Waals surface area contributed by atoms with E-state index in [1.807, 2.05) is 18.2 Å². The molecule has 4 heteroatoms. The Morgan fingerprint density at radius 1 is 1.10 bits per heavy atom. The summed E-state index contributed by atoms with van der Waals surface area (Å²) in [7, 11) is 3.25. The number of hydrogen-bond acceptors (Lipinski definition) is 3. The smallest absolute Gasteiger partial charge is 0.220 e. The Morgan fingerprint density at radius 2 is 1.71 bits per heavy atom. The van der Waals surface area contributed by atoms with Gasteiger partial charge in [0.25, 0.3) is 0 Å². The van der Waals surface area contributed by atoms with E-state index in [4.69, 9.17) is 9.47 Å². The molecule has 116 valence electrons. The van der Waals surface area contributed by atoms with Crippen molar-refractivity contribution in [3.63, 3.8) is 0 Å². The second-order valence-electron chi connectivity index (χ2n) is 5.71. The Hall–Kier alpha value is -1.71. The monoisotopic (exact) mass is 291 g/mol. The number of amides is 1. The van der Waals surface area contributed by atoms with Gasteiger partial charge in [0.1, 0.15) is 11.5 Å². The third kappa shape index (κ3) is 4.96. The van der Waals surface area contributed by atoms with Crippen LogP contribution in [0.2, 0.25) is 0 Å². The first-order valence-electron chi connectivity index (χ1n) is 7.70. The Balaban J connectivity index is 1.85. The van der Waals surface area contributed by atoms with Crippen LogP contribution in [0.3, 0.4) is 0 Å². The molecule has 0 aromatic heterocycles. The highest BCUT2D eigenvalue weighted by atomic mass is 16.5. The standard InChI is InChI=1S/C17H25NO3/c1-20-15-8-14(9-16(11-15)21-2)12-18-17(19)10-13-6-4-3-5-7-13/h8-9,11,13H,3-7,10,12H2,1-2H3,(H,18,19).